The Morgan fingerprint density at radius 2 is 2.00 bits per heavy atom. The minimum atomic E-state index is -4.31. The first-order valence-corrected chi connectivity index (χ1v) is 6.27. The number of hydrogen-bond donors (Lipinski definition) is 2. The number of aromatic nitrogens is 3. The van der Waals surface area contributed by atoms with Crippen molar-refractivity contribution in [1.82, 2.24) is 20.5 Å². The van der Waals surface area contributed by atoms with E-state index in [4.69, 9.17) is 0 Å². The zero-order valence-electron chi connectivity index (χ0n) is 10.7. The molecule has 4 nitrogen and oxygen atoms in total. The maximum atomic E-state index is 12.8. The normalized spacial score (nSPS) is 11.8. The number of H-pyrrole nitrogens is 1. The van der Waals surface area contributed by atoms with E-state index >= 15 is 0 Å². The standard InChI is InChI=1S/C13H15F3N4/c14-13(15,16)11-5-2-1-4-10(11)8-17-7-3-6-12-18-9-19-20-12/h1-2,4-5,9,17H,3,6-8H2,(H,18,19,20). The van der Waals surface area contributed by atoms with Gasteiger partial charge >= 0.3 is 6.18 Å². The van der Waals surface area contributed by atoms with Crippen molar-refractivity contribution in [3.05, 3.63) is 47.5 Å². The zero-order valence-corrected chi connectivity index (χ0v) is 10.7. The molecule has 0 radical (unpaired) electrons. The van der Waals surface area contributed by atoms with E-state index in [1.165, 1.54) is 18.5 Å². The van der Waals surface area contributed by atoms with Crippen molar-refractivity contribution < 1.29 is 13.2 Å². The van der Waals surface area contributed by atoms with Gasteiger partial charge in [-0.15, -0.1) is 0 Å². The van der Waals surface area contributed by atoms with Crippen LogP contribution < -0.4 is 5.32 Å². The second-order valence-electron chi connectivity index (χ2n) is 4.37. The van der Waals surface area contributed by atoms with Crippen LogP contribution in [0.3, 0.4) is 0 Å². The number of nitrogens with zero attached hydrogens (tertiary/aromatic N) is 2. The molecule has 0 aliphatic carbocycles. The monoisotopic (exact) mass is 284 g/mol. The molecule has 0 fully saturated rings. The Morgan fingerprint density at radius 3 is 2.70 bits per heavy atom. The first-order valence-electron chi connectivity index (χ1n) is 6.27. The summed E-state index contributed by atoms with van der Waals surface area (Å²) in [4.78, 5) is 3.98. The topological polar surface area (TPSA) is 53.6 Å². The third-order valence-corrected chi connectivity index (χ3v) is 2.87. The SMILES string of the molecule is FC(F)(F)c1ccccc1CNCCCc1ncn[nH]1. The third-order valence-electron chi connectivity index (χ3n) is 2.87. The molecular formula is C13H15F3N4. The minimum absolute atomic E-state index is 0.200. The van der Waals surface area contributed by atoms with Crippen molar-refractivity contribution in [2.75, 3.05) is 6.54 Å². The lowest BCUT2D eigenvalue weighted by molar-refractivity contribution is -0.138. The highest BCUT2D eigenvalue weighted by atomic mass is 19.4. The van der Waals surface area contributed by atoms with Crippen LogP contribution in [0.25, 0.3) is 0 Å². The molecule has 2 rings (SSSR count). The Labute approximate surface area is 114 Å². The average molecular weight is 284 g/mol. The van der Waals surface area contributed by atoms with Gasteiger partial charge in [0.05, 0.1) is 5.56 Å². The first kappa shape index (κ1) is 14.5. The Bertz CT molecular complexity index is 523. The van der Waals surface area contributed by atoms with Gasteiger partial charge in [0.15, 0.2) is 0 Å². The van der Waals surface area contributed by atoms with Crippen LogP contribution in [0, 0.1) is 0 Å². The number of aryl methyl sites for hydroxylation is 1. The Hall–Kier alpha value is -1.89. The second-order valence-corrected chi connectivity index (χ2v) is 4.37. The van der Waals surface area contributed by atoms with Gasteiger partial charge in [-0.3, -0.25) is 5.10 Å². The summed E-state index contributed by atoms with van der Waals surface area (Å²) in [6.07, 6.45) is -1.38. The van der Waals surface area contributed by atoms with Gasteiger partial charge in [-0.25, -0.2) is 4.98 Å². The number of alkyl halides is 3. The number of nitrogens with one attached hydrogen (secondary N) is 2. The fourth-order valence-electron chi connectivity index (χ4n) is 1.91. The summed E-state index contributed by atoms with van der Waals surface area (Å²) in [6.45, 7) is 0.818. The van der Waals surface area contributed by atoms with E-state index in [2.05, 4.69) is 20.5 Å². The van der Waals surface area contributed by atoms with Crippen LogP contribution in [0.1, 0.15) is 23.4 Å². The molecule has 0 unspecified atom stereocenters. The highest BCUT2D eigenvalue weighted by Crippen LogP contribution is 2.31. The van der Waals surface area contributed by atoms with Crippen LogP contribution in [-0.2, 0) is 19.1 Å². The molecule has 0 atom stereocenters. The molecule has 0 saturated heterocycles. The van der Waals surface area contributed by atoms with Crippen molar-refractivity contribution in [3.8, 4) is 0 Å². The van der Waals surface area contributed by atoms with Crippen molar-refractivity contribution in [2.45, 2.75) is 25.6 Å². The molecule has 20 heavy (non-hydrogen) atoms. The lowest BCUT2D eigenvalue weighted by Gasteiger charge is -2.13. The van der Waals surface area contributed by atoms with Crippen LogP contribution >= 0.6 is 0 Å². The Morgan fingerprint density at radius 1 is 1.20 bits per heavy atom. The van der Waals surface area contributed by atoms with Crippen molar-refractivity contribution >= 4 is 0 Å². The van der Waals surface area contributed by atoms with Gasteiger partial charge in [0.2, 0.25) is 0 Å². The highest BCUT2D eigenvalue weighted by Gasteiger charge is 2.32. The fraction of sp³-hybridized carbons (Fsp3) is 0.385. The zero-order chi connectivity index (χ0) is 14.4. The Kier molecular flexibility index (Phi) is 4.73. The molecule has 1 heterocycles. The van der Waals surface area contributed by atoms with E-state index < -0.39 is 11.7 Å². The quantitative estimate of drug-likeness (QED) is 0.802. The van der Waals surface area contributed by atoms with E-state index in [1.807, 2.05) is 0 Å². The summed E-state index contributed by atoms with van der Waals surface area (Å²) in [5, 5.41) is 9.48. The van der Waals surface area contributed by atoms with E-state index in [0.29, 0.717) is 13.0 Å². The summed E-state index contributed by atoms with van der Waals surface area (Å²) in [5.74, 6) is 0.780. The maximum Gasteiger partial charge on any atom is 0.416 e. The first-order chi connectivity index (χ1) is 9.57. The van der Waals surface area contributed by atoms with Crippen molar-refractivity contribution in [1.29, 1.82) is 0 Å². The van der Waals surface area contributed by atoms with Gasteiger partial charge in [0, 0.05) is 13.0 Å². The second kappa shape index (κ2) is 6.51. The minimum Gasteiger partial charge on any atom is -0.313 e. The molecule has 0 spiro atoms. The molecule has 7 heteroatoms. The van der Waals surface area contributed by atoms with Gasteiger partial charge in [0.1, 0.15) is 12.2 Å². The predicted octanol–water partition coefficient (Wildman–Crippen LogP) is 2.55. The lowest BCUT2D eigenvalue weighted by atomic mass is 10.1. The fourth-order valence-corrected chi connectivity index (χ4v) is 1.91. The molecular weight excluding hydrogens is 269 g/mol. The highest BCUT2D eigenvalue weighted by molar-refractivity contribution is 5.29. The van der Waals surface area contributed by atoms with Crippen LogP contribution in [0.5, 0.6) is 0 Å². The van der Waals surface area contributed by atoms with Crippen LogP contribution in [0.4, 0.5) is 13.2 Å². The van der Waals surface area contributed by atoms with E-state index in [0.717, 1.165) is 18.3 Å². The van der Waals surface area contributed by atoms with E-state index in [1.54, 1.807) is 6.07 Å². The molecule has 1 aromatic heterocycles. The lowest BCUT2D eigenvalue weighted by Crippen LogP contribution is -2.19. The summed E-state index contributed by atoms with van der Waals surface area (Å²) >= 11 is 0. The van der Waals surface area contributed by atoms with E-state index in [-0.39, 0.29) is 12.1 Å². The summed E-state index contributed by atoms with van der Waals surface area (Å²) in [5.41, 5.74) is -0.317. The number of rotatable bonds is 6. The van der Waals surface area contributed by atoms with Crippen molar-refractivity contribution in [3.63, 3.8) is 0 Å². The average Bonchev–Trinajstić information content (AvgIpc) is 2.91. The van der Waals surface area contributed by atoms with Gasteiger partial charge < -0.3 is 5.32 Å². The molecule has 0 amide bonds. The number of benzene rings is 1. The Balaban J connectivity index is 1.79. The number of hydrogen-bond acceptors (Lipinski definition) is 3. The number of aromatic amines is 1. The molecule has 2 N–H and O–H groups in total. The smallest absolute Gasteiger partial charge is 0.313 e. The van der Waals surface area contributed by atoms with Crippen LogP contribution in [-0.4, -0.2) is 21.7 Å². The summed E-state index contributed by atoms with van der Waals surface area (Å²) in [7, 11) is 0. The molecule has 108 valence electrons. The molecule has 0 bridgehead atoms. The molecule has 0 aliphatic rings. The molecule has 0 saturated carbocycles. The van der Waals surface area contributed by atoms with E-state index in [9.17, 15) is 13.2 Å². The van der Waals surface area contributed by atoms with Crippen LogP contribution in [0.2, 0.25) is 0 Å². The molecule has 0 aliphatic heterocycles. The van der Waals surface area contributed by atoms with Crippen LogP contribution in [0.15, 0.2) is 30.6 Å². The largest absolute Gasteiger partial charge is 0.416 e. The molecule has 1 aromatic carbocycles. The summed E-state index contributed by atoms with van der Waals surface area (Å²) in [6, 6.07) is 5.61. The van der Waals surface area contributed by atoms with Gasteiger partial charge in [-0.2, -0.15) is 18.3 Å². The number of halogens is 3. The van der Waals surface area contributed by atoms with Crippen molar-refractivity contribution in [2.24, 2.45) is 0 Å². The third kappa shape index (κ3) is 4.06. The van der Waals surface area contributed by atoms with Gasteiger partial charge in [0.25, 0.3) is 0 Å². The van der Waals surface area contributed by atoms with Gasteiger partial charge in [-0.05, 0) is 24.6 Å². The molecule has 2 aromatic rings. The van der Waals surface area contributed by atoms with Gasteiger partial charge in [-0.1, -0.05) is 18.2 Å². The predicted molar refractivity (Wildman–Crippen MR) is 67.9 cm³/mol. The summed E-state index contributed by atoms with van der Waals surface area (Å²) < 4.78 is 38.3. The maximum absolute atomic E-state index is 12.8.